The molecule has 1 aliphatic carbocycles. The van der Waals surface area contributed by atoms with Gasteiger partial charge in [0.25, 0.3) is 0 Å². The maximum absolute atomic E-state index is 12.1. The summed E-state index contributed by atoms with van der Waals surface area (Å²) in [6.45, 7) is 7.36. The highest BCUT2D eigenvalue weighted by Gasteiger charge is 2.40. The van der Waals surface area contributed by atoms with E-state index in [0.717, 1.165) is 19.4 Å². The van der Waals surface area contributed by atoms with Crippen molar-refractivity contribution in [2.24, 2.45) is 5.92 Å². The number of rotatable bonds is 2. The van der Waals surface area contributed by atoms with E-state index in [2.05, 4.69) is 5.32 Å². The molecule has 102 valence electrons. The number of carbonyl (C=O) groups is 2. The van der Waals surface area contributed by atoms with Crippen LogP contribution in [0.15, 0.2) is 0 Å². The highest BCUT2D eigenvalue weighted by atomic mass is 16.6. The molecule has 1 amide bonds. The first-order valence-electron chi connectivity index (χ1n) is 6.62. The lowest BCUT2D eigenvalue weighted by molar-refractivity contribution is -0.166. The Labute approximate surface area is 108 Å². The van der Waals surface area contributed by atoms with Gasteiger partial charge in [-0.15, -0.1) is 0 Å². The fourth-order valence-electron chi connectivity index (χ4n) is 2.11. The minimum absolute atomic E-state index is 0.118. The van der Waals surface area contributed by atoms with Gasteiger partial charge in [0.1, 0.15) is 11.6 Å². The average molecular weight is 254 g/mol. The van der Waals surface area contributed by atoms with Crippen LogP contribution in [0.25, 0.3) is 0 Å². The molecule has 18 heavy (non-hydrogen) atoms. The van der Waals surface area contributed by atoms with Gasteiger partial charge in [-0.2, -0.15) is 0 Å². The highest BCUT2D eigenvalue weighted by Crippen LogP contribution is 2.32. The van der Waals surface area contributed by atoms with Gasteiger partial charge in [-0.3, -0.25) is 4.79 Å². The third-order valence-electron chi connectivity index (χ3n) is 3.13. The molecule has 0 aromatic carbocycles. The summed E-state index contributed by atoms with van der Waals surface area (Å²) < 4.78 is 5.38. The SMILES string of the molecule is CC(C)(C)OC(=O)C1CNCCN1C(=O)C1CC1. The van der Waals surface area contributed by atoms with Crippen LogP contribution < -0.4 is 5.32 Å². The largest absolute Gasteiger partial charge is 0.458 e. The summed E-state index contributed by atoms with van der Waals surface area (Å²) in [4.78, 5) is 25.9. The highest BCUT2D eigenvalue weighted by molar-refractivity contribution is 5.87. The molecule has 5 nitrogen and oxygen atoms in total. The fraction of sp³-hybridized carbons (Fsp3) is 0.846. The van der Waals surface area contributed by atoms with Crippen molar-refractivity contribution >= 4 is 11.9 Å². The zero-order chi connectivity index (χ0) is 13.3. The van der Waals surface area contributed by atoms with Crippen molar-refractivity contribution in [1.82, 2.24) is 10.2 Å². The van der Waals surface area contributed by atoms with Crippen LogP contribution in [0.5, 0.6) is 0 Å². The van der Waals surface area contributed by atoms with Gasteiger partial charge in [0, 0.05) is 25.6 Å². The zero-order valence-corrected chi connectivity index (χ0v) is 11.4. The summed E-state index contributed by atoms with van der Waals surface area (Å²) >= 11 is 0. The van der Waals surface area contributed by atoms with Gasteiger partial charge in [0.2, 0.25) is 5.91 Å². The second kappa shape index (κ2) is 4.88. The maximum atomic E-state index is 12.1. The smallest absolute Gasteiger partial charge is 0.330 e. The fourth-order valence-corrected chi connectivity index (χ4v) is 2.11. The monoisotopic (exact) mass is 254 g/mol. The summed E-state index contributed by atoms with van der Waals surface area (Å²) in [5, 5.41) is 3.15. The normalized spacial score (nSPS) is 24.8. The van der Waals surface area contributed by atoms with Crippen LogP contribution in [-0.2, 0) is 14.3 Å². The molecule has 0 radical (unpaired) electrons. The molecule has 1 saturated carbocycles. The number of ether oxygens (including phenoxy) is 1. The van der Waals surface area contributed by atoms with Crippen LogP contribution in [0.3, 0.4) is 0 Å². The lowest BCUT2D eigenvalue weighted by Crippen LogP contribution is -2.58. The van der Waals surface area contributed by atoms with Crippen LogP contribution in [0.1, 0.15) is 33.6 Å². The number of nitrogens with one attached hydrogen (secondary N) is 1. The topological polar surface area (TPSA) is 58.6 Å². The Morgan fingerprint density at radius 2 is 1.94 bits per heavy atom. The number of esters is 1. The molecule has 1 aliphatic heterocycles. The van der Waals surface area contributed by atoms with Crippen LogP contribution in [0.4, 0.5) is 0 Å². The maximum Gasteiger partial charge on any atom is 0.330 e. The predicted octanol–water partition coefficient (Wildman–Crippen LogP) is 0.539. The first kappa shape index (κ1) is 13.3. The Morgan fingerprint density at radius 1 is 1.28 bits per heavy atom. The molecule has 1 heterocycles. The minimum atomic E-state index is -0.511. The van der Waals surface area contributed by atoms with Crippen LogP contribution >= 0.6 is 0 Å². The van der Waals surface area contributed by atoms with E-state index in [-0.39, 0.29) is 17.8 Å². The summed E-state index contributed by atoms with van der Waals surface area (Å²) in [6, 6.07) is -0.467. The molecule has 0 spiro atoms. The van der Waals surface area contributed by atoms with Crippen LogP contribution in [0, 0.1) is 5.92 Å². The molecule has 1 unspecified atom stereocenters. The average Bonchev–Trinajstić information content (AvgIpc) is 3.09. The van der Waals surface area contributed by atoms with Gasteiger partial charge in [0.05, 0.1) is 0 Å². The van der Waals surface area contributed by atoms with Gasteiger partial charge >= 0.3 is 5.97 Å². The number of nitrogens with zero attached hydrogens (tertiary/aromatic N) is 1. The number of hydrogen-bond donors (Lipinski definition) is 1. The van der Waals surface area contributed by atoms with Crippen molar-refractivity contribution in [1.29, 1.82) is 0 Å². The Morgan fingerprint density at radius 3 is 2.50 bits per heavy atom. The third kappa shape index (κ3) is 3.22. The first-order valence-corrected chi connectivity index (χ1v) is 6.62. The van der Waals surface area contributed by atoms with E-state index in [0.29, 0.717) is 13.1 Å². The number of piperazine rings is 1. The van der Waals surface area contributed by atoms with E-state index in [1.165, 1.54) is 0 Å². The van der Waals surface area contributed by atoms with Crippen LogP contribution in [-0.4, -0.2) is 48.1 Å². The van der Waals surface area contributed by atoms with Crippen molar-refractivity contribution in [3.05, 3.63) is 0 Å². The molecule has 1 atom stereocenters. The Hall–Kier alpha value is -1.10. The first-order chi connectivity index (χ1) is 8.38. The van der Waals surface area contributed by atoms with E-state index in [9.17, 15) is 9.59 Å². The van der Waals surface area contributed by atoms with Gasteiger partial charge in [-0.1, -0.05) is 0 Å². The van der Waals surface area contributed by atoms with E-state index >= 15 is 0 Å². The summed E-state index contributed by atoms with van der Waals surface area (Å²) in [6.07, 6.45) is 1.92. The molecule has 2 aliphatic rings. The molecule has 2 rings (SSSR count). The molecule has 1 N–H and O–H groups in total. The Bertz CT molecular complexity index is 345. The van der Waals surface area contributed by atoms with Gasteiger partial charge < -0.3 is 15.0 Å². The van der Waals surface area contributed by atoms with Gasteiger partial charge in [-0.05, 0) is 33.6 Å². The molecule has 0 bridgehead atoms. The summed E-state index contributed by atoms with van der Waals surface area (Å²) in [5.74, 6) is -0.0379. The van der Waals surface area contributed by atoms with Crippen LogP contribution in [0.2, 0.25) is 0 Å². The molecule has 0 aromatic heterocycles. The summed E-state index contributed by atoms with van der Waals surface area (Å²) in [7, 11) is 0. The van der Waals surface area contributed by atoms with Gasteiger partial charge in [0.15, 0.2) is 0 Å². The van der Waals surface area contributed by atoms with E-state index in [1.54, 1.807) is 4.90 Å². The molecule has 0 aromatic rings. The van der Waals surface area contributed by atoms with Gasteiger partial charge in [-0.25, -0.2) is 4.79 Å². The molecule has 2 fully saturated rings. The van der Waals surface area contributed by atoms with Crippen molar-refractivity contribution in [2.45, 2.75) is 45.3 Å². The second-order valence-corrected chi connectivity index (χ2v) is 6.06. The lowest BCUT2D eigenvalue weighted by Gasteiger charge is -2.36. The molecule has 1 saturated heterocycles. The number of carbonyl (C=O) groups excluding carboxylic acids is 2. The number of hydrogen-bond acceptors (Lipinski definition) is 4. The zero-order valence-electron chi connectivity index (χ0n) is 11.4. The minimum Gasteiger partial charge on any atom is -0.458 e. The van der Waals surface area contributed by atoms with E-state index in [1.807, 2.05) is 20.8 Å². The lowest BCUT2D eigenvalue weighted by atomic mass is 10.1. The number of amides is 1. The summed E-state index contributed by atoms with van der Waals surface area (Å²) in [5.41, 5.74) is -0.511. The standard InChI is InChI=1S/C13H22N2O3/c1-13(2,3)18-12(17)10-8-14-6-7-15(10)11(16)9-4-5-9/h9-10,14H,4-8H2,1-3H3. The third-order valence-corrected chi connectivity index (χ3v) is 3.13. The van der Waals surface area contributed by atoms with Crippen molar-refractivity contribution in [2.75, 3.05) is 19.6 Å². The van der Waals surface area contributed by atoms with Crippen molar-refractivity contribution in [3.8, 4) is 0 Å². The van der Waals surface area contributed by atoms with E-state index in [4.69, 9.17) is 4.74 Å². The molecular formula is C13H22N2O3. The molecular weight excluding hydrogens is 232 g/mol. The Kier molecular flexibility index (Phi) is 3.61. The second-order valence-electron chi connectivity index (χ2n) is 6.06. The Balaban J connectivity index is 2.02. The predicted molar refractivity (Wildman–Crippen MR) is 66.9 cm³/mol. The van der Waals surface area contributed by atoms with Crippen molar-refractivity contribution < 1.29 is 14.3 Å². The quantitative estimate of drug-likeness (QED) is 0.731. The van der Waals surface area contributed by atoms with Crippen molar-refractivity contribution in [3.63, 3.8) is 0 Å². The van der Waals surface area contributed by atoms with E-state index < -0.39 is 11.6 Å². The molecule has 5 heteroatoms.